The molecule has 0 radical (unpaired) electrons. The number of ether oxygens (including phenoxy) is 1. The van der Waals surface area contributed by atoms with Crippen LogP contribution in [-0.2, 0) is 14.8 Å². The summed E-state index contributed by atoms with van der Waals surface area (Å²) in [4.78, 5) is 23.7. The van der Waals surface area contributed by atoms with Crippen LogP contribution in [-0.4, -0.2) is 32.9 Å². The molecule has 0 aromatic heterocycles. The van der Waals surface area contributed by atoms with E-state index in [4.69, 9.17) is 16.3 Å². The fourth-order valence-electron chi connectivity index (χ4n) is 3.07. The Kier molecular flexibility index (Phi) is 5.67. The summed E-state index contributed by atoms with van der Waals surface area (Å²) in [5, 5.41) is 11.1. The molecule has 9 nitrogen and oxygen atoms in total. The van der Waals surface area contributed by atoms with Crippen molar-refractivity contribution in [2.75, 3.05) is 23.3 Å². The highest BCUT2D eigenvalue weighted by molar-refractivity contribution is 7.92. The zero-order chi connectivity index (χ0) is 21.3. The highest BCUT2D eigenvalue weighted by Gasteiger charge is 2.26. The van der Waals surface area contributed by atoms with Crippen LogP contribution < -0.4 is 14.4 Å². The van der Waals surface area contributed by atoms with Crippen molar-refractivity contribution >= 4 is 44.6 Å². The molecule has 1 fully saturated rings. The normalized spacial score (nSPS) is 14.2. The van der Waals surface area contributed by atoms with Gasteiger partial charge in [0.05, 0.1) is 33.3 Å². The van der Waals surface area contributed by atoms with E-state index in [1.165, 1.54) is 26.2 Å². The van der Waals surface area contributed by atoms with Gasteiger partial charge in [-0.1, -0.05) is 11.6 Å². The predicted octanol–water partition coefficient (Wildman–Crippen LogP) is 3.49. The zero-order valence-corrected chi connectivity index (χ0v) is 17.2. The van der Waals surface area contributed by atoms with E-state index >= 15 is 0 Å². The maximum absolute atomic E-state index is 12.7. The van der Waals surface area contributed by atoms with Crippen LogP contribution in [0.4, 0.5) is 17.1 Å². The summed E-state index contributed by atoms with van der Waals surface area (Å²) in [5.41, 5.74) is 0.513. The number of methoxy groups -OCH3 is 1. The second-order valence-electron chi connectivity index (χ2n) is 6.45. The highest BCUT2D eigenvalue weighted by Crippen LogP contribution is 2.35. The van der Waals surface area contributed by atoms with E-state index in [0.717, 1.165) is 18.6 Å². The van der Waals surface area contributed by atoms with Crippen LogP contribution in [0.25, 0.3) is 0 Å². The largest absolute Gasteiger partial charge is 0.494 e. The van der Waals surface area contributed by atoms with Gasteiger partial charge in [0.1, 0.15) is 5.75 Å². The van der Waals surface area contributed by atoms with E-state index in [1.54, 1.807) is 11.0 Å². The van der Waals surface area contributed by atoms with Gasteiger partial charge in [0.2, 0.25) is 5.91 Å². The summed E-state index contributed by atoms with van der Waals surface area (Å²) in [6, 6.07) is 6.64. The zero-order valence-electron chi connectivity index (χ0n) is 15.6. The Bertz CT molecular complexity index is 1100. The van der Waals surface area contributed by atoms with E-state index in [9.17, 15) is 23.3 Å². The number of nitro benzene ring substituents is 1. The highest BCUT2D eigenvalue weighted by atomic mass is 35.5. The van der Waals surface area contributed by atoms with Crippen LogP contribution in [0, 0.1) is 17.0 Å². The lowest BCUT2D eigenvalue weighted by atomic mass is 10.2. The molecular weight excluding hydrogens is 422 g/mol. The molecule has 1 saturated heterocycles. The minimum Gasteiger partial charge on any atom is -0.494 e. The van der Waals surface area contributed by atoms with Crippen molar-refractivity contribution in [1.29, 1.82) is 0 Å². The number of sulfonamides is 1. The van der Waals surface area contributed by atoms with Crippen LogP contribution in [0.3, 0.4) is 0 Å². The van der Waals surface area contributed by atoms with Crippen LogP contribution in [0.1, 0.15) is 18.4 Å². The number of nitro groups is 1. The Morgan fingerprint density at radius 3 is 2.59 bits per heavy atom. The molecule has 3 rings (SSSR count). The van der Waals surface area contributed by atoms with Crippen LogP contribution >= 0.6 is 11.6 Å². The number of carbonyl (C=O) groups excluding carboxylic acids is 1. The van der Waals surface area contributed by atoms with Crippen molar-refractivity contribution in [1.82, 2.24) is 0 Å². The number of nitrogens with zero attached hydrogens (tertiary/aromatic N) is 2. The quantitative estimate of drug-likeness (QED) is 0.543. The SMILES string of the molecule is COc1cc(NS(=O)(=O)c2cc(Cl)c(C)c([N+](=O)[O-])c2)ccc1N1CCCC1=O. The first-order valence-corrected chi connectivity index (χ1v) is 10.5. The van der Waals surface area contributed by atoms with E-state index in [1.807, 2.05) is 0 Å². The fraction of sp³-hybridized carbons (Fsp3) is 0.278. The third-order valence-corrected chi connectivity index (χ3v) is 6.35. The number of hydrogen-bond donors (Lipinski definition) is 1. The lowest BCUT2D eigenvalue weighted by Gasteiger charge is -2.20. The van der Waals surface area contributed by atoms with Crippen molar-refractivity contribution in [2.24, 2.45) is 0 Å². The molecule has 0 spiro atoms. The molecule has 2 aromatic rings. The number of hydrogen-bond acceptors (Lipinski definition) is 6. The Labute approximate surface area is 172 Å². The van der Waals surface area contributed by atoms with Crippen LogP contribution in [0.5, 0.6) is 5.75 Å². The molecule has 0 atom stereocenters. The van der Waals surface area contributed by atoms with E-state index < -0.39 is 20.6 Å². The molecule has 0 saturated carbocycles. The lowest BCUT2D eigenvalue weighted by Crippen LogP contribution is -2.24. The molecule has 1 aliphatic rings. The Balaban J connectivity index is 1.95. The average Bonchev–Trinajstić information content (AvgIpc) is 3.08. The van der Waals surface area contributed by atoms with E-state index in [0.29, 0.717) is 24.4 Å². The topological polar surface area (TPSA) is 119 Å². The third kappa shape index (κ3) is 4.13. The first-order valence-electron chi connectivity index (χ1n) is 8.60. The van der Waals surface area contributed by atoms with Crippen LogP contribution in [0.15, 0.2) is 35.2 Å². The molecule has 2 aromatic carbocycles. The standard InChI is InChI=1S/C18H18ClN3O6S/c1-11-14(19)9-13(10-16(11)22(24)25)29(26,27)20-12-5-6-15(17(8-12)28-2)21-7-3-4-18(21)23/h5-6,8-10,20H,3-4,7H2,1-2H3. The Morgan fingerprint density at radius 2 is 2.00 bits per heavy atom. The van der Waals surface area contributed by atoms with Crippen molar-refractivity contribution in [3.05, 3.63) is 51.0 Å². The number of rotatable bonds is 6. The third-order valence-electron chi connectivity index (χ3n) is 4.59. The smallest absolute Gasteiger partial charge is 0.275 e. The van der Waals surface area contributed by atoms with Gasteiger partial charge < -0.3 is 9.64 Å². The maximum atomic E-state index is 12.7. The first-order chi connectivity index (χ1) is 13.6. The summed E-state index contributed by atoms with van der Waals surface area (Å²) in [6.07, 6.45) is 1.19. The van der Waals surface area contributed by atoms with Gasteiger partial charge in [-0.05, 0) is 31.5 Å². The first kappa shape index (κ1) is 20.9. The summed E-state index contributed by atoms with van der Waals surface area (Å²) in [7, 11) is -2.73. The molecule has 29 heavy (non-hydrogen) atoms. The monoisotopic (exact) mass is 439 g/mol. The van der Waals surface area contributed by atoms with E-state index in [2.05, 4.69) is 4.72 Å². The number of halogens is 1. The van der Waals surface area contributed by atoms with Crippen molar-refractivity contribution in [2.45, 2.75) is 24.7 Å². The lowest BCUT2D eigenvalue weighted by molar-refractivity contribution is -0.385. The van der Waals surface area contributed by atoms with Gasteiger partial charge in [-0.3, -0.25) is 19.6 Å². The minimum atomic E-state index is -4.15. The van der Waals surface area contributed by atoms with Gasteiger partial charge in [-0.2, -0.15) is 0 Å². The number of amides is 1. The fourth-order valence-corrected chi connectivity index (χ4v) is 4.44. The van der Waals surface area contributed by atoms with Gasteiger partial charge in [0.25, 0.3) is 15.7 Å². The minimum absolute atomic E-state index is 0.0277. The summed E-state index contributed by atoms with van der Waals surface area (Å²) in [5.74, 6) is 0.298. The Morgan fingerprint density at radius 1 is 1.28 bits per heavy atom. The summed E-state index contributed by atoms with van der Waals surface area (Å²) in [6.45, 7) is 2.00. The van der Waals surface area contributed by atoms with Gasteiger partial charge in [-0.25, -0.2) is 8.42 Å². The van der Waals surface area contributed by atoms with E-state index in [-0.39, 0.29) is 27.1 Å². The maximum Gasteiger partial charge on any atom is 0.275 e. The molecule has 1 aliphatic heterocycles. The molecule has 1 heterocycles. The molecule has 0 bridgehead atoms. The predicted molar refractivity (Wildman–Crippen MR) is 108 cm³/mol. The van der Waals surface area contributed by atoms with Gasteiger partial charge in [0.15, 0.2) is 0 Å². The van der Waals surface area contributed by atoms with Crippen molar-refractivity contribution in [3.8, 4) is 5.75 Å². The molecule has 0 unspecified atom stereocenters. The number of carbonyl (C=O) groups is 1. The number of nitrogens with one attached hydrogen (secondary N) is 1. The molecule has 154 valence electrons. The molecular formula is C18H18ClN3O6S. The molecule has 1 amide bonds. The number of benzene rings is 2. The molecule has 11 heteroatoms. The summed E-state index contributed by atoms with van der Waals surface area (Å²) < 4.78 is 33.1. The van der Waals surface area contributed by atoms with Gasteiger partial charge >= 0.3 is 0 Å². The molecule has 1 N–H and O–H groups in total. The van der Waals surface area contributed by atoms with Gasteiger partial charge in [0, 0.05) is 30.7 Å². The van der Waals surface area contributed by atoms with Crippen LogP contribution in [0.2, 0.25) is 5.02 Å². The Hall–Kier alpha value is -2.85. The van der Waals surface area contributed by atoms with Gasteiger partial charge in [-0.15, -0.1) is 0 Å². The number of anilines is 2. The van der Waals surface area contributed by atoms with Crippen molar-refractivity contribution in [3.63, 3.8) is 0 Å². The second kappa shape index (κ2) is 7.88. The summed E-state index contributed by atoms with van der Waals surface area (Å²) >= 11 is 5.97. The van der Waals surface area contributed by atoms with Crippen molar-refractivity contribution < 1.29 is 22.9 Å². The average molecular weight is 440 g/mol. The second-order valence-corrected chi connectivity index (χ2v) is 8.54. The molecule has 0 aliphatic carbocycles.